The number of hydrogen-bond donors (Lipinski definition) is 6. The molecule has 6 heterocycles. The number of hydrogen-bond acceptors (Lipinski definition) is 18. The van der Waals surface area contributed by atoms with E-state index in [9.17, 15) is 14.4 Å². The van der Waals surface area contributed by atoms with Crippen LogP contribution >= 0.6 is 11.6 Å². The molecule has 1 saturated heterocycles. The van der Waals surface area contributed by atoms with Crippen LogP contribution < -0.4 is 51.3 Å². The molecule has 8 rings (SSSR count). The van der Waals surface area contributed by atoms with Crippen LogP contribution in [0.3, 0.4) is 0 Å². The van der Waals surface area contributed by atoms with E-state index in [0.29, 0.717) is 89.6 Å². The number of furan rings is 1. The minimum atomic E-state index is -0.505. The molecule has 1 aliphatic rings. The molecular formula is C50H57ClN14O8. The van der Waals surface area contributed by atoms with Gasteiger partial charge in [0.25, 0.3) is 17.6 Å². The second-order valence-corrected chi connectivity index (χ2v) is 17.3. The van der Waals surface area contributed by atoms with Crippen molar-refractivity contribution in [3.63, 3.8) is 0 Å². The summed E-state index contributed by atoms with van der Waals surface area (Å²) < 4.78 is 29.3. The zero-order valence-corrected chi connectivity index (χ0v) is 41.9. The van der Waals surface area contributed by atoms with Crippen molar-refractivity contribution < 1.29 is 37.7 Å². The number of likely N-dealkylation sites (tertiary alicyclic amines) is 1. The summed E-state index contributed by atoms with van der Waals surface area (Å²) in [5.74, 6) is 1.70. The quantitative estimate of drug-likeness (QED) is 0.0401. The fourth-order valence-electron chi connectivity index (χ4n) is 8.34. The van der Waals surface area contributed by atoms with Gasteiger partial charge in [0.05, 0.1) is 56.5 Å². The first kappa shape index (κ1) is 51.3. The Bertz CT molecular complexity index is 3040. The molecule has 7 N–H and O–H groups in total. The Morgan fingerprint density at radius 2 is 1.42 bits per heavy atom. The van der Waals surface area contributed by atoms with Gasteiger partial charge in [0, 0.05) is 62.5 Å². The lowest BCUT2D eigenvalue weighted by atomic mass is 9.98. The number of pyridine rings is 2. The molecule has 0 aliphatic carbocycles. The number of amides is 3. The van der Waals surface area contributed by atoms with Gasteiger partial charge in [0.2, 0.25) is 35.4 Å². The lowest BCUT2D eigenvalue weighted by molar-refractivity contribution is -0.121. The van der Waals surface area contributed by atoms with Gasteiger partial charge in [0.1, 0.15) is 22.9 Å². The summed E-state index contributed by atoms with van der Waals surface area (Å²) in [6.07, 6.45) is 5.75. The molecule has 22 nitrogen and oxygen atoms in total. The first-order chi connectivity index (χ1) is 35.5. The number of halogens is 1. The summed E-state index contributed by atoms with van der Waals surface area (Å²) >= 11 is 7.02. The van der Waals surface area contributed by atoms with Crippen molar-refractivity contribution in [3.8, 4) is 46.0 Å². The first-order valence-electron chi connectivity index (χ1n) is 23.6. The van der Waals surface area contributed by atoms with E-state index in [1.165, 1.54) is 44.6 Å². The van der Waals surface area contributed by atoms with Crippen LogP contribution in [0.25, 0.3) is 28.5 Å². The first-order valence-corrected chi connectivity index (χ1v) is 24.0. The fraction of sp³-hybridized carbons (Fsp3) is 0.340. The third-order valence-electron chi connectivity index (χ3n) is 12.1. The number of nitrogen functional groups attached to an aromatic ring is 1. The van der Waals surface area contributed by atoms with Gasteiger partial charge in [-0.3, -0.25) is 19.3 Å². The maximum absolute atomic E-state index is 13.8. The molecule has 3 amide bonds. The van der Waals surface area contributed by atoms with Crippen LogP contribution in [-0.4, -0.2) is 118 Å². The van der Waals surface area contributed by atoms with E-state index in [2.05, 4.69) is 61.5 Å². The number of ether oxygens (including phenoxy) is 4. The monoisotopic (exact) mass is 1020 g/mol. The van der Waals surface area contributed by atoms with Crippen molar-refractivity contribution in [1.29, 1.82) is 0 Å². The molecule has 2 aromatic carbocycles. The lowest BCUT2D eigenvalue weighted by Crippen LogP contribution is -2.32. The van der Waals surface area contributed by atoms with E-state index in [1.807, 2.05) is 19.1 Å². The molecular weight excluding hydrogens is 960 g/mol. The van der Waals surface area contributed by atoms with Gasteiger partial charge in [-0.25, -0.2) is 9.97 Å². The Morgan fingerprint density at radius 3 is 2.11 bits per heavy atom. The molecule has 0 bridgehead atoms. The molecule has 7 aromatic rings. The van der Waals surface area contributed by atoms with Crippen molar-refractivity contribution in [2.45, 2.75) is 52.1 Å². The number of piperidine rings is 1. The van der Waals surface area contributed by atoms with Crippen molar-refractivity contribution >= 4 is 58.4 Å². The van der Waals surface area contributed by atoms with Gasteiger partial charge >= 0.3 is 0 Å². The third-order valence-corrected chi connectivity index (χ3v) is 12.5. The highest BCUT2D eigenvalue weighted by molar-refractivity contribution is 6.36. The number of carbonyl (C=O) groups excluding carboxylic acids is 3. The summed E-state index contributed by atoms with van der Waals surface area (Å²) in [5.41, 5.74) is 10.5. The summed E-state index contributed by atoms with van der Waals surface area (Å²) in [6, 6.07) is 17.4. The van der Waals surface area contributed by atoms with Crippen LogP contribution in [0.5, 0.6) is 23.3 Å². The molecule has 73 heavy (non-hydrogen) atoms. The van der Waals surface area contributed by atoms with Crippen LogP contribution in [0.15, 0.2) is 71.3 Å². The Balaban J connectivity index is 0.837. The third kappa shape index (κ3) is 12.2. The molecule has 0 saturated carbocycles. The molecule has 0 radical (unpaired) electrons. The standard InChI is InChI=1S/C50H57ClN14O8/c1-29-30(31-14-10-16-35(42(31)51)57-45(68)37-26-40(70-3)33(47(59-37)72-5)28-64-22-7-6-8-23-64)13-9-15-34(29)56-44(67)36-25-39(69-2)32(46(58-36)71-4)27-53-20-21-54-41(66)18-11-19-55-49-61-48(52)65-50(62-49)60-43(63-65)38-17-12-24-73-38/h9-10,12-17,24-26,53H,6-8,11,18-23,27-28H2,1-5H3,(H,54,66)(H,56,67)(H,57,68)(H3,52,55,60,61,62,63). The number of fused-ring (bicyclic) bond motifs is 1. The molecule has 1 aliphatic heterocycles. The van der Waals surface area contributed by atoms with E-state index in [4.69, 9.17) is 40.7 Å². The van der Waals surface area contributed by atoms with Gasteiger partial charge in [-0.15, -0.1) is 5.10 Å². The van der Waals surface area contributed by atoms with Crippen LogP contribution in [-0.2, 0) is 17.9 Å². The zero-order valence-electron chi connectivity index (χ0n) is 41.1. The molecule has 23 heteroatoms. The van der Waals surface area contributed by atoms with E-state index < -0.39 is 11.8 Å². The SMILES string of the molecule is COc1cc(C(=O)Nc2cccc(-c3cccc(NC(=O)c4cc(OC)c(CN5CCCCC5)c(OC)n4)c3Cl)c2C)nc(OC)c1CNCCNC(=O)CCCNc1nc(N)n2nc(-c3ccco3)nc2n1. The topological polar surface area (TPSA) is 272 Å². The Hall–Kier alpha value is -8.08. The van der Waals surface area contributed by atoms with Crippen molar-refractivity contribution in [3.05, 3.63) is 100 Å². The minimum Gasteiger partial charge on any atom is -0.496 e. The predicted octanol–water partition coefficient (Wildman–Crippen LogP) is 6.40. The number of nitrogens with two attached hydrogens (primary N) is 1. The van der Waals surface area contributed by atoms with E-state index >= 15 is 0 Å². The summed E-state index contributed by atoms with van der Waals surface area (Å²) in [4.78, 5) is 64.5. The van der Waals surface area contributed by atoms with Gasteiger partial charge in [-0.05, 0) is 74.7 Å². The highest BCUT2D eigenvalue weighted by atomic mass is 35.5. The van der Waals surface area contributed by atoms with Crippen LogP contribution in [0.2, 0.25) is 5.02 Å². The Morgan fingerprint density at radius 1 is 0.753 bits per heavy atom. The highest BCUT2D eigenvalue weighted by Crippen LogP contribution is 2.38. The number of aromatic nitrogens is 7. The number of rotatable bonds is 22. The molecule has 382 valence electrons. The Labute approximate surface area is 425 Å². The molecule has 1 fully saturated rings. The molecule has 5 aromatic heterocycles. The zero-order chi connectivity index (χ0) is 51.4. The van der Waals surface area contributed by atoms with Crippen LogP contribution in [0.4, 0.5) is 23.3 Å². The average molecular weight is 1020 g/mol. The summed E-state index contributed by atoms with van der Waals surface area (Å²) in [7, 11) is 6.04. The van der Waals surface area contributed by atoms with Gasteiger partial charge < -0.3 is 55.7 Å². The van der Waals surface area contributed by atoms with Gasteiger partial charge in [0.15, 0.2) is 5.76 Å². The smallest absolute Gasteiger partial charge is 0.274 e. The lowest BCUT2D eigenvalue weighted by Gasteiger charge is -2.27. The second-order valence-electron chi connectivity index (χ2n) is 16.9. The van der Waals surface area contributed by atoms with Crippen molar-refractivity contribution in [2.75, 3.05) is 82.8 Å². The number of anilines is 4. The second kappa shape index (κ2) is 23.9. The highest BCUT2D eigenvalue weighted by Gasteiger charge is 2.24. The van der Waals surface area contributed by atoms with Crippen LogP contribution in [0.1, 0.15) is 69.8 Å². The Kier molecular flexibility index (Phi) is 16.8. The van der Waals surface area contributed by atoms with E-state index in [-0.39, 0.29) is 58.8 Å². The maximum atomic E-state index is 13.8. The van der Waals surface area contributed by atoms with Crippen molar-refractivity contribution in [1.82, 2.24) is 50.1 Å². The van der Waals surface area contributed by atoms with Crippen molar-refractivity contribution in [2.24, 2.45) is 0 Å². The largest absolute Gasteiger partial charge is 0.496 e. The van der Waals surface area contributed by atoms with E-state index in [1.54, 1.807) is 49.6 Å². The molecule has 0 spiro atoms. The number of nitrogens with one attached hydrogen (secondary N) is 5. The number of methoxy groups -OCH3 is 4. The average Bonchev–Trinajstić information content (AvgIpc) is 4.11. The predicted molar refractivity (Wildman–Crippen MR) is 274 cm³/mol. The van der Waals surface area contributed by atoms with Gasteiger partial charge in [-0.1, -0.05) is 42.3 Å². The molecule has 0 unspecified atom stereocenters. The minimum absolute atomic E-state index is 0.0569. The van der Waals surface area contributed by atoms with E-state index in [0.717, 1.165) is 37.1 Å². The normalized spacial score (nSPS) is 12.6. The molecule has 0 atom stereocenters. The number of nitrogens with zero attached hydrogens (tertiary/aromatic N) is 8. The fourth-order valence-corrected chi connectivity index (χ4v) is 8.62. The maximum Gasteiger partial charge on any atom is 0.274 e. The number of benzene rings is 2. The van der Waals surface area contributed by atoms with Crippen LogP contribution in [0, 0.1) is 6.92 Å². The number of carbonyl (C=O) groups is 3. The summed E-state index contributed by atoms with van der Waals surface area (Å²) in [6.45, 7) is 5.87. The van der Waals surface area contributed by atoms with Gasteiger partial charge in [-0.2, -0.15) is 19.5 Å². The summed E-state index contributed by atoms with van der Waals surface area (Å²) in [5, 5.41) is 19.7.